The first-order valence-electron chi connectivity index (χ1n) is 6.34. The van der Waals surface area contributed by atoms with Crippen molar-refractivity contribution >= 4 is 5.91 Å². The van der Waals surface area contributed by atoms with Gasteiger partial charge >= 0.3 is 0 Å². The quantitative estimate of drug-likeness (QED) is 0.774. The Hall–Kier alpha value is -0.570. The first-order chi connectivity index (χ1) is 7.26. The van der Waals surface area contributed by atoms with Crippen LogP contribution in [0, 0.1) is 11.8 Å². The van der Waals surface area contributed by atoms with E-state index in [4.69, 9.17) is 5.73 Å². The molecule has 3 nitrogen and oxygen atoms in total. The minimum absolute atomic E-state index is 0.0961. The molecule has 0 aromatic rings. The topological polar surface area (TPSA) is 55.1 Å². The summed E-state index contributed by atoms with van der Waals surface area (Å²) in [6, 6.07) is 0.355. The van der Waals surface area contributed by atoms with Crippen LogP contribution in [0.2, 0.25) is 0 Å². The van der Waals surface area contributed by atoms with Gasteiger partial charge in [0.1, 0.15) is 0 Å². The highest BCUT2D eigenvalue weighted by molar-refractivity contribution is 5.77. The van der Waals surface area contributed by atoms with Crippen LogP contribution in [-0.4, -0.2) is 17.5 Å². The lowest BCUT2D eigenvalue weighted by Crippen LogP contribution is -2.44. The van der Waals surface area contributed by atoms with Crippen LogP contribution in [0.4, 0.5) is 0 Å². The molecule has 1 rings (SSSR count). The normalized spacial score (nSPS) is 31.2. The highest BCUT2D eigenvalue weighted by Crippen LogP contribution is 2.28. The van der Waals surface area contributed by atoms with E-state index in [1.165, 1.54) is 6.42 Å². The van der Waals surface area contributed by atoms with Crippen LogP contribution in [0.5, 0.6) is 0 Å². The van der Waals surface area contributed by atoms with E-state index in [1.54, 1.807) is 0 Å². The molecular weight excluding hydrogens is 200 g/mol. The molecule has 0 spiro atoms. The van der Waals surface area contributed by atoms with Crippen molar-refractivity contribution < 1.29 is 4.79 Å². The number of nitrogens with one attached hydrogen (secondary N) is 1. The molecule has 0 heterocycles. The number of carbonyl (C=O) groups excluding carboxylic acids is 1. The van der Waals surface area contributed by atoms with Crippen molar-refractivity contribution in [3.8, 4) is 0 Å². The zero-order valence-electron chi connectivity index (χ0n) is 11.0. The zero-order valence-corrected chi connectivity index (χ0v) is 11.0. The molecule has 1 amide bonds. The zero-order chi connectivity index (χ0) is 12.3. The molecule has 1 fully saturated rings. The Kier molecular flexibility index (Phi) is 4.36. The third kappa shape index (κ3) is 4.97. The molecule has 1 saturated carbocycles. The molecule has 1 aliphatic rings. The minimum atomic E-state index is -0.407. The highest BCUT2D eigenvalue weighted by atomic mass is 16.1. The van der Waals surface area contributed by atoms with Crippen molar-refractivity contribution in [2.75, 3.05) is 0 Å². The van der Waals surface area contributed by atoms with Crippen molar-refractivity contribution in [3.05, 3.63) is 0 Å². The van der Waals surface area contributed by atoms with Gasteiger partial charge in [-0.2, -0.15) is 0 Å². The maximum atomic E-state index is 11.7. The van der Waals surface area contributed by atoms with E-state index in [0.717, 1.165) is 24.7 Å². The van der Waals surface area contributed by atoms with Crippen molar-refractivity contribution in [3.63, 3.8) is 0 Å². The molecular formula is C13H26N2O. The van der Waals surface area contributed by atoms with E-state index in [2.05, 4.69) is 19.2 Å². The fourth-order valence-corrected chi connectivity index (χ4v) is 2.76. The van der Waals surface area contributed by atoms with Crippen LogP contribution in [0.15, 0.2) is 0 Å². The van der Waals surface area contributed by atoms with Crippen molar-refractivity contribution in [2.24, 2.45) is 17.6 Å². The largest absolute Gasteiger partial charge is 0.353 e. The molecule has 0 bridgehead atoms. The third-order valence-electron chi connectivity index (χ3n) is 3.16. The second-order valence-electron chi connectivity index (χ2n) is 6.35. The van der Waals surface area contributed by atoms with E-state index in [9.17, 15) is 4.79 Å². The molecule has 0 aliphatic heterocycles. The number of carbonyl (C=O) groups is 1. The summed E-state index contributed by atoms with van der Waals surface area (Å²) in [7, 11) is 0. The molecule has 0 saturated heterocycles. The summed E-state index contributed by atoms with van der Waals surface area (Å²) >= 11 is 0. The molecule has 2 atom stereocenters. The fourth-order valence-electron chi connectivity index (χ4n) is 2.76. The van der Waals surface area contributed by atoms with Crippen LogP contribution in [-0.2, 0) is 4.79 Å². The number of amides is 1. The Labute approximate surface area is 99.2 Å². The lowest BCUT2D eigenvalue weighted by atomic mass is 9.80. The summed E-state index contributed by atoms with van der Waals surface area (Å²) in [5.74, 6) is 1.54. The van der Waals surface area contributed by atoms with Gasteiger partial charge in [-0.25, -0.2) is 0 Å². The molecule has 2 unspecified atom stereocenters. The SMILES string of the molecule is CC1CC(C)CC(NC(=O)CC(C)(C)N)C1. The van der Waals surface area contributed by atoms with E-state index in [0.29, 0.717) is 12.5 Å². The number of rotatable bonds is 3. The molecule has 0 aromatic heterocycles. The lowest BCUT2D eigenvalue weighted by Gasteiger charge is -2.32. The predicted octanol–water partition coefficient (Wildman–Crippen LogP) is 2.05. The number of nitrogens with two attached hydrogens (primary N) is 1. The van der Waals surface area contributed by atoms with E-state index in [-0.39, 0.29) is 5.91 Å². The van der Waals surface area contributed by atoms with Gasteiger partial charge in [-0.3, -0.25) is 4.79 Å². The Bertz CT molecular complexity index is 235. The maximum absolute atomic E-state index is 11.7. The van der Waals surface area contributed by atoms with E-state index < -0.39 is 5.54 Å². The predicted molar refractivity (Wildman–Crippen MR) is 67.0 cm³/mol. The fraction of sp³-hybridized carbons (Fsp3) is 0.923. The average molecular weight is 226 g/mol. The Balaban J connectivity index is 2.39. The second kappa shape index (κ2) is 5.17. The summed E-state index contributed by atoms with van der Waals surface area (Å²) in [5.41, 5.74) is 5.43. The molecule has 3 heteroatoms. The van der Waals surface area contributed by atoms with Gasteiger partial charge < -0.3 is 11.1 Å². The summed E-state index contributed by atoms with van der Waals surface area (Å²) in [6.07, 6.45) is 3.92. The van der Waals surface area contributed by atoms with Crippen molar-refractivity contribution in [2.45, 2.75) is 65.0 Å². The van der Waals surface area contributed by atoms with Gasteiger partial charge in [-0.05, 0) is 44.9 Å². The monoisotopic (exact) mass is 226 g/mol. The highest BCUT2D eigenvalue weighted by Gasteiger charge is 2.26. The molecule has 3 N–H and O–H groups in total. The van der Waals surface area contributed by atoms with E-state index in [1.807, 2.05) is 13.8 Å². The standard InChI is InChI=1S/C13H26N2O/c1-9-5-10(2)7-11(6-9)15-12(16)8-13(3,4)14/h9-11H,5-8,14H2,1-4H3,(H,15,16). The Morgan fingerprint density at radius 2 is 1.75 bits per heavy atom. The molecule has 0 radical (unpaired) electrons. The van der Waals surface area contributed by atoms with Gasteiger partial charge in [0.15, 0.2) is 0 Å². The van der Waals surface area contributed by atoms with Gasteiger partial charge in [0.25, 0.3) is 0 Å². The van der Waals surface area contributed by atoms with Gasteiger partial charge in [0.2, 0.25) is 5.91 Å². The van der Waals surface area contributed by atoms with Crippen LogP contribution in [0.3, 0.4) is 0 Å². The number of hydrogen-bond donors (Lipinski definition) is 2. The van der Waals surface area contributed by atoms with Gasteiger partial charge in [0.05, 0.1) is 0 Å². The van der Waals surface area contributed by atoms with Crippen LogP contribution in [0.25, 0.3) is 0 Å². The second-order valence-corrected chi connectivity index (χ2v) is 6.35. The molecule has 0 aromatic carbocycles. The summed E-state index contributed by atoms with van der Waals surface area (Å²) in [6.45, 7) is 8.31. The lowest BCUT2D eigenvalue weighted by molar-refractivity contribution is -0.123. The summed E-state index contributed by atoms with van der Waals surface area (Å²) in [4.78, 5) is 11.7. The first-order valence-corrected chi connectivity index (χ1v) is 6.34. The summed E-state index contributed by atoms with van der Waals surface area (Å²) in [5, 5.41) is 3.12. The van der Waals surface area contributed by atoms with Gasteiger partial charge in [-0.15, -0.1) is 0 Å². The Morgan fingerprint density at radius 3 is 2.19 bits per heavy atom. The van der Waals surface area contributed by atoms with Gasteiger partial charge in [-0.1, -0.05) is 13.8 Å². The first kappa shape index (κ1) is 13.5. The van der Waals surface area contributed by atoms with Crippen LogP contribution in [0.1, 0.15) is 53.4 Å². The summed E-state index contributed by atoms with van der Waals surface area (Å²) < 4.78 is 0. The number of hydrogen-bond acceptors (Lipinski definition) is 2. The van der Waals surface area contributed by atoms with Crippen molar-refractivity contribution in [1.29, 1.82) is 0 Å². The molecule has 1 aliphatic carbocycles. The average Bonchev–Trinajstić information content (AvgIpc) is 1.96. The molecule has 94 valence electrons. The van der Waals surface area contributed by atoms with E-state index >= 15 is 0 Å². The van der Waals surface area contributed by atoms with Crippen LogP contribution >= 0.6 is 0 Å². The minimum Gasteiger partial charge on any atom is -0.353 e. The van der Waals surface area contributed by atoms with Gasteiger partial charge in [0, 0.05) is 18.0 Å². The Morgan fingerprint density at radius 1 is 1.25 bits per heavy atom. The molecule has 16 heavy (non-hydrogen) atoms. The third-order valence-corrected chi connectivity index (χ3v) is 3.16. The smallest absolute Gasteiger partial charge is 0.222 e. The maximum Gasteiger partial charge on any atom is 0.222 e. The van der Waals surface area contributed by atoms with Crippen molar-refractivity contribution in [1.82, 2.24) is 5.32 Å². The van der Waals surface area contributed by atoms with Crippen LogP contribution < -0.4 is 11.1 Å².